The summed E-state index contributed by atoms with van der Waals surface area (Å²) in [5, 5.41) is 2.01. The summed E-state index contributed by atoms with van der Waals surface area (Å²) in [4.78, 5) is 1.22. The second kappa shape index (κ2) is 5.56. The normalized spacial score (nSPS) is 12.4. The van der Waals surface area contributed by atoms with Crippen LogP contribution in [-0.2, 0) is 0 Å². The van der Waals surface area contributed by atoms with Gasteiger partial charge in [-0.2, -0.15) is 0 Å². The molecule has 0 aliphatic heterocycles. The molecule has 3 heteroatoms. The van der Waals surface area contributed by atoms with Crippen LogP contribution in [0.15, 0.2) is 35.7 Å². The molecule has 0 fully saturated rings. The van der Waals surface area contributed by atoms with E-state index < -0.39 is 0 Å². The van der Waals surface area contributed by atoms with Crippen LogP contribution in [0.2, 0.25) is 0 Å². The molecule has 1 nitrogen and oxygen atoms in total. The molecule has 2 aromatic rings. The number of alkyl halides is 1. The van der Waals surface area contributed by atoms with Gasteiger partial charge in [0.15, 0.2) is 0 Å². The Labute approximate surface area is 111 Å². The van der Waals surface area contributed by atoms with E-state index in [1.54, 1.807) is 11.3 Å². The average Bonchev–Trinajstić information content (AvgIpc) is 2.76. The maximum absolute atomic E-state index is 6.48. The van der Waals surface area contributed by atoms with E-state index in [9.17, 15) is 0 Å². The molecule has 1 heterocycles. The summed E-state index contributed by atoms with van der Waals surface area (Å²) in [5.74, 6) is 0.892. The van der Waals surface area contributed by atoms with Crippen molar-refractivity contribution in [1.29, 1.82) is 0 Å². The molecule has 0 radical (unpaired) electrons. The smallest absolute Gasteiger partial charge is 0.119 e. The highest BCUT2D eigenvalue weighted by Crippen LogP contribution is 2.35. The number of benzene rings is 1. The fourth-order valence-corrected chi connectivity index (χ4v) is 3.10. The Kier molecular flexibility index (Phi) is 4.08. The summed E-state index contributed by atoms with van der Waals surface area (Å²) in [6.07, 6.45) is 0. The second-order valence-corrected chi connectivity index (χ2v) is 5.22. The Balaban J connectivity index is 2.20. The SMILES string of the molecule is CCOc1ccc(C(Cl)c2sccc2C)cc1. The zero-order chi connectivity index (χ0) is 12.3. The maximum Gasteiger partial charge on any atom is 0.119 e. The van der Waals surface area contributed by atoms with Crippen LogP contribution >= 0.6 is 22.9 Å². The van der Waals surface area contributed by atoms with E-state index >= 15 is 0 Å². The topological polar surface area (TPSA) is 9.23 Å². The molecule has 0 saturated heterocycles. The first-order valence-corrected chi connectivity index (χ1v) is 6.94. The molecule has 0 bridgehead atoms. The number of hydrogen-bond donors (Lipinski definition) is 0. The van der Waals surface area contributed by atoms with E-state index in [1.165, 1.54) is 10.4 Å². The zero-order valence-corrected chi connectivity index (χ0v) is 11.5. The summed E-state index contributed by atoms with van der Waals surface area (Å²) in [5.41, 5.74) is 2.37. The van der Waals surface area contributed by atoms with Crippen molar-refractivity contribution in [3.05, 3.63) is 51.7 Å². The standard InChI is InChI=1S/C14H15ClOS/c1-3-16-12-6-4-11(5-7-12)13(15)14-10(2)8-9-17-14/h4-9,13H,3H2,1-2H3. The van der Waals surface area contributed by atoms with E-state index in [0.29, 0.717) is 6.61 Å². The molecule has 1 aromatic heterocycles. The Bertz CT molecular complexity index is 475. The number of rotatable bonds is 4. The van der Waals surface area contributed by atoms with Crippen LogP contribution in [0.1, 0.15) is 28.3 Å². The fraction of sp³-hybridized carbons (Fsp3) is 0.286. The van der Waals surface area contributed by atoms with Crippen molar-refractivity contribution in [1.82, 2.24) is 0 Å². The Hall–Kier alpha value is -0.990. The molecule has 1 aromatic carbocycles. The van der Waals surface area contributed by atoms with Gasteiger partial charge in [-0.05, 0) is 48.6 Å². The van der Waals surface area contributed by atoms with Crippen LogP contribution in [0, 0.1) is 6.92 Å². The molecule has 0 N–H and O–H groups in total. The Morgan fingerprint density at radius 3 is 2.47 bits per heavy atom. The molecule has 17 heavy (non-hydrogen) atoms. The van der Waals surface area contributed by atoms with Crippen LogP contribution < -0.4 is 4.74 Å². The first-order valence-electron chi connectivity index (χ1n) is 5.63. The molecular formula is C14H15ClOS. The highest BCUT2D eigenvalue weighted by molar-refractivity contribution is 7.10. The quantitative estimate of drug-likeness (QED) is 0.724. The van der Waals surface area contributed by atoms with Crippen molar-refractivity contribution in [3.8, 4) is 5.75 Å². The lowest BCUT2D eigenvalue weighted by Crippen LogP contribution is -1.94. The highest BCUT2D eigenvalue weighted by atomic mass is 35.5. The number of thiophene rings is 1. The first kappa shape index (κ1) is 12.5. The Morgan fingerprint density at radius 1 is 1.24 bits per heavy atom. The van der Waals surface area contributed by atoms with Gasteiger partial charge in [0.2, 0.25) is 0 Å². The molecule has 1 unspecified atom stereocenters. The van der Waals surface area contributed by atoms with E-state index in [4.69, 9.17) is 16.3 Å². The number of hydrogen-bond acceptors (Lipinski definition) is 2. The molecule has 2 rings (SSSR count). The Morgan fingerprint density at radius 2 is 1.94 bits per heavy atom. The lowest BCUT2D eigenvalue weighted by atomic mass is 10.1. The van der Waals surface area contributed by atoms with Crippen molar-refractivity contribution in [2.45, 2.75) is 19.2 Å². The van der Waals surface area contributed by atoms with Crippen molar-refractivity contribution in [2.24, 2.45) is 0 Å². The van der Waals surface area contributed by atoms with Gasteiger partial charge in [-0.1, -0.05) is 12.1 Å². The summed E-state index contributed by atoms with van der Waals surface area (Å²) in [6, 6.07) is 10.1. The fourth-order valence-electron chi connectivity index (χ4n) is 1.70. The van der Waals surface area contributed by atoms with Gasteiger partial charge in [0, 0.05) is 4.88 Å². The van der Waals surface area contributed by atoms with E-state index in [-0.39, 0.29) is 5.38 Å². The third-order valence-corrected chi connectivity index (χ3v) is 4.30. The molecule has 0 aliphatic rings. The molecular weight excluding hydrogens is 252 g/mol. The summed E-state index contributed by atoms with van der Waals surface area (Å²) in [7, 11) is 0. The molecule has 1 atom stereocenters. The average molecular weight is 267 g/mol. The predicted octanol–water partition coefficient (Wildman–Crippen LogP) is 4.78. The van der Waals surface area contributed by atoms with Crippen LogP contribution in [-0.4, -0.2) is 6.61 Å². The van der Waals surface area contributed by atoms with E-state index in [1.807, 2.05) is 31.2 Å². The van der Waals surface area contributed by atoms with Crippen molar-refractivity contribution in [3.63, 3.8) is 0 Å². The summed E-state index contributed by atoms with van der Waals surface area (Å²) >= 11 is 8.18. The van der Waals surface area contributed by atoms with Crippen LogP contribution in [0.3, 0.4) is 0 Å². The second-order valence-electron chi connectivity index (χ2n) is 3.83. The number of aryl methyl sites for hydroxylation is 1. The highest BCUT2D eigenvalue weighted by Gasteiger charge is 2.14. The minimum absolute atomic E-state index is 0.0642. The van der Waals surface area contributed by atoms with Gasteiger partial charge in [0.25, 0.3) is 0 Å². The van der Waals surface area contributed by atoms with Crippen LogP contribution in [0.4, 0.5) is 0 Å². The summed E-state index contributed by atoms with van der Waals surface area (Å²) < 4.78 is 5.41. The van der Waals surface area contributed by atoms with E-state index in [0.717, 1.165) is 11.3 Å². The molecule has 90 valence electrons. The lowest BCUT2D eigenvalue weighted by molar-refractivity contribution is 0.340. The molecule has 0 aliphatic carbocycles. The third-order valence-electron chi connectivity index (χ3n) is 2.62. The maximum atomic E-state index is 6.48. The minimum atomic E-state index is -0.0642. The molecule has 0 spiro atoms. The van der Waals surface area contributed by atoms with E-state index in [2.05, 4.69) is 18.4 Å². The van der Waals surface area contributed by atoms with Crippen molar-refractivity contribution in [2.75, 3.05) is 6.61 Å². The first-order chi connectivity index (χ1) is 8.22. The molecule has 0 saturated carbocycles. The number of halogens is 1. The van der Waals surface area contributed by atoms with Crippen LogP contribution in [0.25, 0.3) is 0 Å². The van der Waals surface area contributed by atoms with Gasteiger partial charge in [0.05, 0.1) is 12.0 Å². The van der Waals surface area contributed by atoms with Gasteiger partial charge in [0.1, 0.15) is 5.75 Å². The van der Waals surface area contributed by atoms with Gasteiger partial charge in [-0.15, -0.1) is 22.9 Å². The monoisotopic (exact) mass is 266 g/mol. The summed E-state index contributed by atoms with van der Waals surface area (Å²) in [6.45, 7) is 4.76. The van der Waals surface area contributed by atoms with Gasteiger partial charge in [-0.3, -0.25) is 0 Å². The van der Waals surface area contributed by atoms with Crippen molar-refractivity contribution >= 4 is 22.9 Å². The lowest BCUT2D eigenvalue weighted by Gasteiger charge is -2.10. The predicted molar refractivity (Wildman–Crippen MR) is 74.4 cm³/mol. The largest absolute Gasteiger partial charge is 0.494 e. The minimum Gasteiger partial charge on any atom is -0.494 e. The van der Waals surface area contributed by atoms with Gasteiger partial charge >= 0.3 is 0 Å². The zero-order valence-electron chi connectivity index (χ0n) is 9.94. The number of ether oxygens (including phenoxy) is 1. The van der Waals surface area contributed by atoms with Crippen LogP contribution in [0.5, 0.6) is 5.75 Å². The van der Waals surface area contributed by atoms with Gasteiger partial charge < -0.3 is 4.74 Å². The van der Waals surface area contributed by atoms with Gasteiger partial charge in [-0.25, -0.2) is 0 Å². The molecule has 0 amide bonds. The third kappa shape index (κ3) is 2.82. The van der Waals surface area contributed by atoms with Crippen molar-refractivity contribution < 1.29 is 4.74 Å².